The average molecular weight is 910 g/mol. The van der Waals surface area contributed by atoms with E-state index < -0.39 is 121 Å². The summed E-state index contributed by atoms with van der Waals surface area (Å²) >= 11 is 0. The first-order chi connectivity index (χ1) is 31.0. The van der Waals surface area contributed by atoms with Crippen molar-refractivity contribution in [3.05, 3.63) is 76.9 Å². The first-order valence-corrected chi connectivity index (χ1v) is 22.2. The van der Waals surface area contributed by atoms with E-state index in [1.807, 2.05) is 48.5 Å². The van der Waals surface area contributed by atoms with E-state index in [1.54, 1.807) is 32.9 Å². The topological polar surface area (TPSA) is 261 Å². The van der Waals surface area contributed by atoms with Crippen molar-refractivity contribution < 1.29 is 78.0 Å². The summed E-state index contributed by atoms with van der Waals surface area (Å²) in [7, 11) is 0. The minimum atomic E-state index is -1.55. The Bertz CT molecular complexity index is 2070. The largest absolute Gasteiger partial charge is 0.460 e. The zero-order valence-electron chi connectivity index (χ0n) is 36.6. The summed E-state index contributed by atoms with van der Waals surface area (Å²) in [6, 6.07) is 13.4. The Balaban J connectivity index is 0.946. The highest BCUT2D eigenvalue weighted by Crippen LogP contribution is 2.58. The van der Waals surface area contributed by atoms with Crippen molar-refractivity contribution in [3.8, 4) is 0 Å². The van der Waals surface area contributed by atoms with E-state index in [4.69, 9.17) is 33.3 Å². The number of aliphatic hydroxyl groups is 5. The van der Waals surface area contributed by atoms with Gasteiger partial charge in [-0.3, -0.25) is 24.0 Å². The van der Waals surface area contributed by atoms with Crippen LogP contribution in [-0.4, -0.2) is 159 Å². The van der Waals surface area contributed by atoms with Gasteiger partial charge in [0.15, 0.2) is 18.1 Å². The number of amides is 2. The molecule has 6 aliphatic rings. The molecule has 4 heterocycles. The maximum atomic E-state index is 14.7. The maximum Gasteiger partial charge on any atom is 0.327 e. The number of carbonyl (C=O) groups is 4. The zero-order chi connectivity index (χ0) is 46.3. The van der Waals surface area contributed by atoms with Crippen molar-refractivity contribution in [1.29, 1.82) is 0 Å². The van der Waals surface area contributed by atoms with Crippen molar-refractivity contribution in [2.75, 3.05) is 26.4 Å². The summed E-state index contributed by atoms with van der Waals surface area (Å²) in [5.41, 5.74) is 1.53. The van der Waals surface area contributed by atoms with Crippen LogP contribution in [0.2, 0.25) is 0 Å². The molecule has 2 bridgehead atoms. The molecule has 354 valence electrons. The Morgan fingerprint density at radius 1 is 0.954 bits per heavy atom. The van der Waals surface area contributed by atoms with Crippen molar-refractivity contribution in [2.24, 2.45) is 5.41 Å². The third-order valence-electron chi connectivity index (χ3n) is 12.9. The molecule has 2 amide bonds. The Labute approximate surface area is 375 Å². The molecule has 2 aromatic carbocycles. The number of ether oxygens (including phenoxy) is 6. The van der Waals surface area contributed by atoms with Crippen molar-refractivity contribution in [2.45, 2.75) is 144 Å². The van der Waals surface area contributed by atoms with Crippen LogP contribution in [-0.2, 0) is 71.8 Å². The number of aliphatic hydroxyl groups excluding tert-OH is 5. The summed E-state index contributed by atoms with van der Waals surface area (Å²) in [6.45, 7) is 4.26. The Hall–Kier alpha value is -4.38. The fourth-order valence-electron chi connectivity index (χ4n) is 9.86. The highest BCUT2D eigenvalue weighted by molar-refractivity contribution is 5.94. The molecule has 2 aromatic rings. The molecular formula is C46H59N3O16. The van der Waals surface area contributed by atoms with Gasteiger partial charge < -0.3 is 64.6 Å². The molecule has 1 spiro atoms. The molecule has 7 N–H and O–H groups in total. The van der Waals surface area contributed by atoms with Crippen molar-refractivity contribution in [1.82, 2.24) is 15.7 Å². The standard InChI is InChI=1S/C46H59N3O16/c1-44(2,3)62-33(53)15-14-29(23-50)48-32(52)16-17-47-43(58)46-21-30-37-38(64-45(63-37)19-27-8-4-5-9-28(27)20-45)40(46)65-49(39(46)41(57)60-30)22-26-12-10-25(11-13-26)7-6-18-59-42-36(56)35(55)34(54)31(24-51)61-42/h4-13,29-31,34-40,42,50-51,54-56H,14-24H2,1-3H3,(H,47,58)(H,48,52)/t29-,30+,31+,34-,35-,36+,37-,38-,39-,40+,42-,46-/m0/s1. The van der Waals surface area contributed by atoms with Gasteiger partial charge in [-0.2, -0.15) is 5.06 Å². The Kier molecular flexibility index (Phi) is 13.8. The molecule has 2 aliphatic carbocycles. The van der Waals surface area contributed by atoms with E-state index in [1.165, 1.54) is 5.06 Å². The van der Waals surface area contributed by atoms with Gasteiger partial charge in [-0.25, -0.2) is 0 Å². The lowest BCUT2D eigenvalue weighted by Crippen LogP contribution is -2.69. The van der Waals surface area contributed by atoms with E-state index in [9.17, 15) is 44.7 Å². The lowest BCUT2D eigenvalue weighted by atomic mass is 9.62. The second-order valence-corrected chi connectivity index (χ2v) is 18.7. The molecule has 12 atom stereocenters. The van der Waals surface area contributed by atoms with Gasteiger partial charge in [0.1, 0.15) is 59.8 Å². The van der Waals surface area contributed by atoms with Crippen LogP contribution in [0.3, 0.4) is 0 Å². The maximum absolute atomic E-state index is 14.7. The molecular weight excluding hydrogens is 851 g/mol. The summed E-state index contributed by atoms with van der Waals surface area (Å²) in [5.74, 6) is -3.10. The molecule has 4 aliphatic heterocycles. The van der Waals surface area contributed by atoms with Gasteiger partial charge in [-0.05, 0) is 49.4 Å². The van der Waals surface area contributed by atoms with Gasteiger partial charge >= 0.3 is 11.9 Å². The summed E-state index contributed by atoms with van der Waals surface area (Å²) in [6.07, 6.45) is -5.73. The lowest BCUT2D eigenvalue weighted by Gasteiger charge is -2.48. The number of esters is 2. The molecule has 1 saturated carbocycles. The van der Waals surface area contributed by atoms with Gasteiger partial charge in [-0.1, -0.05) is 60.7 Å². The van der Waals surface area contributed by atoms with E-state index in [-0.39, 0.29) is 45.4 Å². The summed E-state index contributed by atoms with van der Waals surface area (Å²) in [5, 5.41) is 56.7. The van der Waals surface area contributed by atoms with Crippen LogP contribution in [0.5, 0.6) is 0 Å². The van der Waals surface area contributed by atoms with E-state index in [2.05, 4.69) is 10.6 Å². The monoisotopic (exact) mass is 909 g/mol. The molecule has 0 unspecified atom stereocenters. The molecule has 4 saturated heterocycles. The fourth-order valence-corrected chi connectivity index (χ4v) is 9.86. The molecule has 0 radical (unpaired) electrons. The third kappa shape index (κ3) is 9.73. The number of fused-ring (bicyclic) bond motifs is 5. The molecule has 8 rings (SSSR count). The number of nitrogens with zero attached hydrogens (tertiary/aromatic N) is 1. The number of hydrogen-bond acceptors (Lipinski definition) is 17. The van der Waals surface area contributed by atoms with Crippen LogP contribution in [0.4, 0.5) is 0 Å². The van der Waals surface area contributed by atoms with Gasteiger partial charge in [0.2, 0.25) is 11.8 Å². The molecule has 0 aromatic heterocycles. The van der Waals surface area contributed by atoms with Crippen molar-refractivity contribution in [3.63, 3.8) is 0 Å². The highest BCUT2D eigenvalue weighted by Gasteiger charge is 2.76. The van der Waals surface area contributed by atoms with Gasteiger partial charge in [0, 0.05) is 38.6 Å². The number of nitrogens with one attached hydrogen (secondary N) is 2. The minimum absolute atomic E-state index is 0.00628. The second-order valence-electron chi connectivity index (χ2n) is 18.7. The van der Waals surface area contributed by atoms with Crippen LogP contribution in [0, 0.1) is 5.41 Å². The van der Waals surface area contributed by atoms with E-state index in [0.29, 0.717) is 12.8 Å². The van der Waals surface area contributed by atoms with Crippen molar-refractivity contribution >= 4 is 29.8 Å². The Morgan fingerprint density at radius 3 is 2.34 bits per heavy atom. The normalized spacial score (nSPS) is 32.8. The molecule has 19 heteroatoms. The average Bonchev–Trinajstić information content (AvgIpc) is 3.95. The fraction of sp³-hybridized carbons (Fsp3) is 0.609. The summed E-state index contributed by atoms with van der Waals surface area (Å²) < 4.78 is 35.9. The predicted octanol–water partition coefficient (Wildman–Crippen LogP) is -0.299. The van der Waals surface area contributed by atoms with E-state index in [0.717, 1.165) is 22.3 Å². The number of hydroxylamine groups is 2. The number of benzene rings is 2. The minimum Gasteiger partial charge on any atom is -0.460 e. The number of hydrogen-bond donors (Lipinski definition) is 7. The van der Waals surface area contributed by atoms with Gasteiger partial charge in [-0.15, -0.1) is 0 Å². The SMILES string of the molecule is CC(C)(C)OC(=O)CC[C@@H](CO)NC(=O)CCNC(=O)[C@@]12C[C@H]3OC(=O)[C@@H]1N(Cc1ccc(C=CCO[C@H]4O[C@H](CO)[C@H](O)[C@H](O)[C@H]4O)cc1)O[C@@H]2[C@H]1OC2(Cc4ccccc4C2)O[C@H]13. The molecule has 65 heavy (non-hydrogen) atoms. The van der Waals surface area contributed by atoms with Crippen LogP contribution in [0.15, 0.2) is 54.6 Å². The summed E-state index contributed by atoms with van der Waals surface area (Å²) in [4.78, 5) is 60.8. The van der Waals surface area contributed by atoms with Crippen LogP contribution in [0.25, 0.3) is 6.08 Å². The van der Waals surface area contributed by atoms with Crippen LogP contribution in [0.1, 0.15) is 68.7 Å². The molecule has 19 nitrogen and oxygen atoms in total. The molecule has 5 fully saturated rings. The van der Waals surface area contributed by atoms with Gasteiger partial charge in [0.25, 0.3) is 0 Å². The van der Waals surface area contributed by atoms with E-state index >= 15 is 0 Å². The lowest BCUT2D eigenvalue weighted by molar-refractivity contribution is -0.298. The first kappa shape index (κ1) is 47.1. The van der Waals surface area contributed by atoms with Gasteiger partial charge in [0.05, 0.1) is 32.4 Å². The number of carbonyl (C=O) groups excluding carboxylic acids is 4. The Morgan fingerprint density at radius 2 is 1.66 bits per heavy atom. The smallest absolute Gasteiger partial charge is 0.327 e. The van der Waals surface area contributed by atoms with Crippen LogP contribution < -0.4 is 10.6 Å². The quantitative estimate of drug-likeness (QED) is 0.107. The third-order valence-corrected chi connectivity index (χ3v) is 12.9. The van der Waals surface area contributed by atoms with Crippen LogP contribution >= 0.6 is 0 Å². The number of rotatable bonds is 16. The second kappa shape index (κ2) is 19.1. The zero-order valence-corrected chi connectivity index (χ0v) is 36.6. The first-order valence-electron chi connectivity index (χ1n) is 22.2. The highest BCUT2D eigenvalue weighted by atomic mass is 16.8. The predicted molar refractivity (Wildman–Crippen MR) is 224 cm³/mol.